The van der Waals surface area contributed by atoms with Crippen molar-refractivity contribution in [1.82, 2.24) is 24.8 Å². The number of likely N-dealkylation sites (N-methyl/N-ethyl adjacent to an activating group) is 2. The van der Waals surface area contributed by atoms with Gasteiger partial charge < -0.3 is 63.4 Å². The summed E-state index contributed by atoms with van der Waals surface area (Å²) in [4.78, 5) is 18.6. The first-order valence-electron chi connectivity index (χ1n) is 25.5. The van der Waals surface area contributed by atoms with Crippen molar-refractivity contribution in [2.45, 2.75) is 204 Å². The van der Waals surface area contributed by atoms with Gasteiger partial charge in [0.1, 0.15) is 42.7 Å². The van der Waals surface area contributed by atoms with Gasteiger partial charge in [-0.1, -0.05) is 44.0 Å². The fourth-order valence-electron chi connectivity index (χ4n) is 11.3. The third-order valence-corrected chi connectivity index (χ3v) is 15.8. The Balaban J connectivity index is 1.42. The summed E-state index contributed by atoms with van der Waals surface area (Å²) >= 11 is 0. The average Bonchev–Trinajstić information content (AvgIpc) is 3.80. The highest BCUT2D eigenvalue weighted by Crippen LogP contribution is 2.40. The van der Waals surface area contributed by atoms with E-state index in [1.54, 1.807) is 52.9 Å². The van der Waals surface area contributed by atoms with Crippen molar-refractivity contribution in [3.63, 3.8) is 0 Å². The zero-order chi connectivity index (χ0) is 52.7. The molecule has 2 aromatic rings. The Morgan fingerprint density at radius 2 is 1.66 bits per heavy atom. The number of hydrogen-bond acceptors (Lipinski definition) is 16. The fraction of sp³-hybridized carbons (Fsp3) is 0.792. The monoisotopic (exact) mass is 1000 g/mol. The van der Waals surface area contributed by atoms with Gasteiger partial charge in [-0.15, -0.1) is 11.5 Å². The largest absolute Gasteiger partial charge is 0.459 e. The third-order valence-electron chi connectivity index (χ3n) is 15.8. The minimum absolute atomic E-state index is 0.0146. The van der Waals surface area contributed by atoms with E-state index < -0.39 is 109 Å². The molecule has 0 amide bonds. The molecule has 3 fully saturated rings. The van der Waals surface area contributed by atoms with Crippen molar-refractivity contribution in [2.75, 3.05) is 48.1 Å². The summed E-state index contributed by atoms with van der Waals surface area (Å²) in [6.45, 7) is 18.2. The van der Waals surface area contributed by atoms with E-state index in [4.69, 9.17) is 39.6 Å². The van der Waals surface area contributed by atoms with Crippen molar-refractivity contribution in [3.8, 4) is 12.3 Å². The highest BCUT2D eigenvalue weighted by Gasteiger charge is 2.52. The van der Waals surface area contributed by atoms with Gasteiger partial charge in [-0.2, -0.15) is 0 Å². The standard InChI is InChI=1S/C53H86FN5O12/c1-16-37-18-20-38(21-19-37)46(65-14)41(28-54)59-30-39(55-56-59)22-23-57(12)40-24-32(4)67-43(25-40)71-49-33(5)45(70-44-27-52(10,66-15)48(61)36(8)68-44)34(6)50(62)69-42(17-2)53(11,64)47(60)35(7)58(13)29-31(3)26-51(49,9)63/h1,18-21,30-36,40-49,60-61,63-64H,17,22-29H2,2-15H3/t31-,32-,33+,34-,35-,36+,40+,41-,42-,43+,44+,45+,46-,47-,48+,49-,51-,52-,53-/m1/s1. The molecule has 1 aromatic carbocycles. The topological polar surface area (TPSA) is 200 Å². The maximum Gasteiger partial charge on any atom is 0.311 e. The summed E-state index contributed by atoms with van der Waals surface area (Å²) in [6.07, 6.45) is 0.954. The lowest BCUT2D eigenvalue weighted by molar-refractivity contribution is -0.308. The Hall–Kier alpha value is -3.16. The van der Waals surface area contributed by atoms with Crippen LogP contribution in [-0.2, 0) is 44.4 Å². The van der Waals surface area contributed by atoms with Crippen LogP contribution in [0, 0.1) is 30.1 Å². The zero-order valence-electron chi connectivity index (χ0n) is 44.7. The van der Waals surface area contributed by atoms with Crippen LogP contribution in [0.25, 0.3) is 0 Å². The number of esters is 1. The highest BCUT2D eigenvalue weighted by molar-refractivity contribution is 5.73. The average molecular weight is 1000 g/mol. The van der Waals surface area contributed by atoms with E-state index in [1.807, 2.05) is 58.8 Å². The smallest absolute Gasteiger partial charge is 0.311 e. The molecule has 3 saturated heterocycles. The van der Waals surface area contributed by atoms with Crippen LogP contribution < -0.4 is 0 Å². The van der Waals surface area contributed by atoms with E-state index in [-0.39, 0.29) is 37.3 Å². The molecule has 4 N–H and O–H groups in total. The van der Waals surface area contributed by atoms with Crippen molar-refractivity contribution in [3.05, 3.63) is 47.3 Å². The number of carbonyl (C=O) groups is 1. The van der Waals surface area contributed by atoms with Crippen LogP contribution in [0.2, 0.25) is 0 Å². The molecule has 19 atom stereocenters. The second-order valence-electron chi connectivity index (χ2n) is 21.7. The molecule has 1 aromatic heterocycles. The van der Waals surface area contributed by atoms with Crippen LogP contribution in [-0.4, -0.2) is 183 Å². The lowest BCUT2D eigenvalue weighted by atomic mass is 9.77. The number of halogens is 1. The van der Waals surface area contributed by atoms with Crippen LogP contribution in [0.1, 0.15) is 130 Å². The highest BCUT2D eigenvalue weighted by atomic mass is 19.1. The number of cyclic esters (lactones) is 1. The second-order valence-corrected chi connectivity index (χ2v) is 21.7. The van der Waals surface area contributed by atoms with Gasteiger partial charge in [0.15, 0.2) is 12.6 Å². The Labute approximate surface area is 422 Å². The number of benzene rings is 1. The van der Waals surface area contributed by atoms with Crippen LogP contribution >= 0.6 is 0 Å². The molecule has 0 unspecified atom stereocenters. The molecule has 0 saturated carbocycles. The Bertz CT molecular complexity index is 2020. The van der Waals surface area contributed by atoms with Gasteiger partial charge >= 0.3 is 5.97 Å². The molecule has 0 aliphatic carbocycles. The number of aromatic nitrogens is 3. The number of alkyl halides is 1. The van der Waals surface area contributed by atoms with Gasteiger partial charge in [0, 0.05) is 76.3 Å². The summed E-state index contributed by atoms with van der Waals surface area (Å²) in [5.74, 6) is 0.0335. The second kappa shape index (κ2) is 24.9. The first kappa shape index (κ1) is 58.7. The van der Waals surface area contributed by atoms with Crippen LogP contribution in [0.3, 0.4) is 0 Å². The zero-order valence-corrected chi connectivity index (χ0v) is 44.7. The molecular formula is C53H86FN5O12. The number of ether oxygens (including phenoxy) is 7. The van der Waals surface area contributed by atoms with Gasteiger partial charge in [-0.3, -0.25) is 4.79 Å². The lowest BCUT2D eigenvalue weighted by Crippen LogP contribution is -2.59. The van der Waals surface area contributed by atoms with Gasteiger partial charge in [0.25, 0.3) is 0 Å². The van der Waals surface area contributed by atoms with E-state index >= 15 is 0 Å². The molecule has 0 spiro atoms. The quantitative estimate of drug-likeness (QED) is 0.137. The van der Waals surface area contributed by atoms with E-state index in [0.29, 0.717) is 43.6 Å². The van der Waals surface area contributed by atoms with E-state index in [0.717, 1.165) is 5.56 Å². The summed E-state index contributed by atoms with van der Waals surface area (Å²) in [5.41, 5.74) is -2.23. The predicted molar refractivity (Wildman–Crippen MR) is 265 cm³/mol. The number of hydrogen-bond donors (Lipinski definition) is 4. The molecule has 0 bridgehead atoms. The van der Waals surface area contributed by atoms with E-state index in [9.17, 15) is 29.6 Å². The molecule has 4 heterocycles. The SMILES string of the molecule is C#Cc1ccc([C@@H](OC)[C@@H](CF)n2cc(CCN(C)[C@@H]3C[C@H](O[C@@H]4[C@@H](C)[C@H](O[C@H]5C[C@@](C)(OC)[C@@H](O)[C@H](C)O5)[C@@H](C)C(=O)O[C@H](CC)[C@@](C)(O)[C@H](O)[C@@H](C)N(C)C[C@H](C)C[C@@]4(C)O)O[C@H](C)C3)nn2)cc1. The van der Waals surface area contributed by atoms with E-state index in [1.165, 1.54) is 25.8 Å². The van der Waals surface area contributed by atoms with Crippen molar-refractivity contribution >= 4 is 5.97 Å². The minimum Gasteiger partial charge on any atom is -0.459 e. The van der Waals surface area contributed by atoms with Crippen LogP contribution in [0.15, 0.2) is 30.5 Å². The summed E-state index contributed by atoms with van der Waals surface area (Å²) < 4.78 is 60.6. The molecule has 18 heteroatoms. The maximum atomic E-state index is 14.7. The van der Waals surface area contributed by atoms with Crippen LogP contribution in [0.5, 0.6) is 0 Å². The number of methoxy groups -OCH3 is 2. The molecule has 71 heavy (non-hydrogen) atoms. The molecule has 3 aliphatic heterocycles. The number of nitrogens with zero attached hydrogens (tertiary/aromatic N) is 5. The van der Waals surface area contributed by atoms with E-state index in [2.05, 4.69) is 21.1 Å². The van der Waals surface area contributed by atoms with Gasteiger partial charge in [-0.05, 0) is 105 Å². The summed E-state index contributed by atoms with van der Waals surface area (Å²) in [7, 11) is 6.94. The normalized spacial score (nSPS) is 39.2. The number of aliphatic hydroxyl groups excluding tert-OH is 2. The van der Waals surface area contributed by atoms with Gasteiger partial charge in [-0.25, -0.2) is 9.07 Å². The van der Waals surface area contributed by atoms with Crippen molar-refractivity contribution in [1.29, 1.82) is 0 Å². The van der Waals surface area contributed by atoms with Crippen molar-refractivity contribution in [2.24, 2.45) is 17.8 Å². The van der Waals surface area contributed by atoms with Gasteiger partial charge in [0.2, 0.25) is 0 Å². The third kappa shape index (κ3) is 14.0. The Kier molecular flexibility index (Phi) is 20.6. The molecule has 402 valence electrons. The number of aliphatic hydroxyl groups is 4. The Morgan fingerprint density at radius 3 is 2.27 bits per heavy atom. The number of carbonyl (C=O) groups excluding carboxylic acids is 1. The fourth-order valence-corrected chi connectivity index (χ4v) is 11.3. The Morgan fingerprint density at radius 1 is 0.986 bits per heavy atom. The maximum absolute atomic E-state index is 14.7. The van der Waals surface area contributed by atoms with Crippen LogP contribution in [0.4, 0.5) is 4.39 Å². The molecule has 17 nitrogen and oxygen atoms in total. The predicted octanol–water partition coefficient (Wildman–Crippen LogP) is 5.01. The molecule has 3 aliphatic rings. The first-order chi connectivity index (χ1) is 33.3. The first-order valence-corrected chi connectivity index (χ1v) is 25.5. The molecular weight excluding hydrogens is 918 g/mol. The summed E-state index contributed by atoms with van der Waals surface area (Å²) in [6, 6.07) is 5.94. The number of rotatable bonds is 15. The molecule has 0 radical (unpaired) electrons. The van der Waals surface area contributed by atoms with Crippen molar-refractivity contribution < 1.29 is 62.8 Å². The minimum atomic E-state index is -1.82. The number of terminal acetylenes is 1. The lowest BCUT2D eigenvalue weighted by Gasteiger charge is -2.48. The summed E-state index contributed by atoms with van der Waals surface area (Å²) in [5, 5.41) is 56.2. The van der Waals surface area contributed by atoms with Gasteiger partial charge in [0.05, 0.1) is 47.2 Å². The molecule has 5 rings (SSSR count).